The van der Waals surface area contributed by atoms with Gasteiger partial charge in [-0.25, -0.2) is 5.84 Å². The lowest BCUT2D eigenvalue weighted by Crippen LogP contribution is -2.35. The van der Waals surface area contributed by atoms with Crippen molar-refractivity contribution in [3.8, 4) is 0 Å². The molecular weight excluding hydrogens is 254 g/mol. The van der Waals surface area contributed by atoms with Gasteiger partial charge in [0.25, 0.3) is 0 Å². The van der Waals surface area contributed by atoms with Crippen LogP contribution in [0.2, 0.25) is 0 Å². The van der Waals surface area contributed by atoms with E-state index < -0.39 is 0 Å². The molecular formula is C13H25N7. The molecule has 0 radical (unpaired) electrons. The standard InChI is InChI=1S/C13H25N7/c1-5-20(6-2)12-16-10(15-11(17-12)19-14)18-13(3,4)9-7-8-9/h9H,5-8,14H2,1-4H3,(H2,15,16,17,18,19). The highest BCUT2D eigenvalue weighted by atomic mass is 15.4. The maximum absolute atomic E-state index is 5.46. The van der Waals surface area contributed by atoms with Crippen molar-refractivity contribution in [2.45, 2.75) is 46.1 Å². The zero-order valence-corrected chi connectivity index (χ0v) is 12.8. The summed E-state index contributed by atoms with van der Waals surface area (Å²) in [6.45, 7) is 10.2. The molecule has 2 rings (SSSR count). The average Bonchev–Trinajstić information content (AvgIpc) is 3.24. The second kappa shape index (κ2) is 5.78. The van der Waals surface area contributed by atoms with Crippen LogP contribution in [0.1, 0.15) is 40.5 Å². The van der Waals surface area contributed by atoms with Crippen molar-refractivity contribution >= 4 is 17.8 Å². The van der Waals surface area contributed by atoms with Gasteiger partial charge in [0.05, 0.1) is 0 Å². The maximum atomic E-state index is 5.46. The quantitative estimate of drug-likeness (QED) is 0.516. The van der Waals surface area contributed by atoms with Crippen LogP contribution in [0, 0.1) is 5.92 Å². The van der Waals surface area contributed by atoms with Crippen molar-refractivity contribution in [2.75, 3.05) is 28.7 Å². The topological polar surface area (TPSA) is 92.0 Å². The highest BCUT2D eigenvalue weighted by Crippen LogP contribution is 2.40. The Kier molecular flexibility index (Phi) is 4.27. The van der Waals surface area contributed by atoms with Gasteiger partial charge in [0.2, 0.25) is 17.8 Å². The molecule has 1 aliphatic rings. The molecule has 1 aromatic rings. The Morgan fingerprint density at radius 2 is 1.75 bits per heavy atom. The van der Waals surface area contributed by atoms with E-state index >= 15 is 0 Å². The van der Waals surface area contributed by atoms with Crippen LogP contribution in [0.25, 0.3) is 0 Å². The number of nitrogens with two attached hydrogens (primary N) is 1. The van der Waals surface area contributed by atoms with Gasteiger partial charge in [-0.05, 0) is 46.5 Å². The Hall–Kier alpha value is -1.63. The molecule has 112 valence electrons. The number of nitrogens with zero attached hydrogens (tertiary/aromatic N) is 4. The minimum absolute atomic E-state index is 0.00620. The van der Waals surface area contributed by atoms with Gasteiger partial charge < -0.3 is 10.2 Å². The fourth-order valence-electron chi connectivity index (χ4n) is 2.33. The summed E-state index contributed by atoms with van der Waals surface area (Å²) in [7, 11) is 0. The molecule has 20 heavy (non-hydrogen) atoms. The van der Waals surface area contributed by atoms with Gasteiger partial charge >= 0.3 is 0 Å². The summed E-state index contributed by atoms with van der Waals surface area (Å²) in [6, 6.07) is 0. The molecule has 0 saturated heterocycles. The van der Waals surface area contributed by atoms with E-state index in [0.29, 0.717) is 23.8 Å². The van der Waals surface area contributed by atoms with Crippen LogP contribution in [0.4, 0.5) is 17.8 Å². The Morgan fingerprint density at radius 1 is 1.15 bits per heavy atom. The highest BCUT2D eigenvalue weighted by molar-refractivity contribution is 5.44. The molecule has 1 aliphatic carbocycles. The predicted molar refractivity (Wildman–Crippen MR) is 81.6 cm³/mol. The van der Waals surface area contributed by atoms with Crippen molar-refractivity contribution in [2.24, 2.45) is 11.8 Å². The third kappa shape index (κ3) is 3.27. The van der Waals surface area contributed by atoms with Gasteiger partial charge in [0, 0.05) is 18.6 Å². The van der Waals surface area contributed by atoms with Gasteiger partial charge in [-0.15, -0.1) is 0 Å². The van der Waals surface area contributed by atoms with E-state index in [9.17, 15) is 0 Å². The molecule has 1 aromatic heterocycles. The van der Waals surface area contributed by atoms with Crippen LogP contribution in [0.5, 0.6) is 0 Å². The summed E-state index contributed by atoms with van der Waals surface area (Å²) in [6.07, 6.45) is 2.52. The van der Waals surface area contributed by atoms with Crippen LogP contribution in [0.3, 0.4) is 0 Å². The molecule has 1 saturated carbocycles. The predicted octanol–water partition coefficient (Wildman–Crippen LogP) is 1.60. The summed E-state index contributed by atoms with van der Waals surface area (Å²) in [4.78, 5) is 15.2. The second-order valence-electron chi connectivity index (χ2n) is 5.72. The number of aromatic nitrogens is 3. The van der Waals surface area contributed by atoms with Crippen LogP contribution >= 0.6 is 0 Å². The van der Waals surface area contributed by atoms with Gasteiger partial charge in [0.15, 0.2) is 0 Å². The average molecular weight is 279 g/mol. The lowest BCUT2D eigenvalue weighted by molar-refractivity contribution is 0.490. The molecule has 1 heterocycles. The van der Waals surface area contributed by atoms with E-state index in [1.54, 1.807) is 0 Å². The summed E-state index contributed by atoms with van der Waals surface area (Å²) in [5, 5.41) is 3.41. The Balaban J connectivity index is 2.25. The number of hydrogen-bond acceptors (Lipinski definition) is 7. The van der Waals surface area contributed by atoms with Gasteiger partial charge in [-0.2, -0.15) is 15.0 Å². The maximum Gasteiger partial charge on any atom is 0.243 e. The molecule has 0 atom stereocenters. The summed E-state index contributed by atoms with van der Waals surface area (Å²) in [5.41, 5.74) is 2.51. The minimum atomic E-state index is -0.00620. The van der Waals surface area contributed by atoms with Gasteiger partial charge in [-0.3, -0.25) is 5.43 Å². The first-order valence-electron chi connectivity index (χ1n) is 7.26. The molecule has 7 heteroatoms. The smallest absolute Gasteiger partial charge is 0.243 e. The largest absolute Gasteiger partial charge is 0.349 e. The van der Waals surface area contributed by atoms with Gasteiger partial charge in [0.1, 0.15) is 0 Å². The molecule has 0 spiro atoms. The Morgan fingerprint density at radius 3 is 2.25 bits per heavy atom. The van der Waals surface area contributed by atoms with Gasteiger partial charge in [-0.1, -0.05) is 0 Å². The van der Waals surface area contributed by atoms with Crippen molar-refractivity contribution in [1.82, 2.24) is 15.0 Å². The van der Waals surface area contributed by atoms with Crippen LogP contribution in [-0.4, -0.2) is 33.6 Å². The summed E-state index contributed by atoms with van der Waals surface area (Å²) >= 11 is 0. The SMILES string of the molecule is CCN(CC)c1nc(NN)nc(NC(C)(C)C2CC2)n1. The molecule has 7 nitrogen and oxygen atoms in total. The van der Waals surface area contributed by atoms with Crippen LogP contribution in [0.15, 0.2) is 0 Å². The molecule has 4 N–H and O–H groups in total. The zero-order chi connectivity index (χ0) is 14.8. The molecule has 0 aliphatic heterocycles. The number of hydrazine groups is 1. The number of rotatable bonds is 7. The van der Waals surface area contributed by atoms with E-state index in [2.05, 4.69) is 58.3 Å². The highest BCUT2D eigenvalue weighted by Gasteiger charge is 2.38. The fraction of sp³-hybridized carbons (Fsp3) is 0.769. The van der Waals surface area contributed by atoms with E-state index in [-0.39, 0.29) is 5.54 Å². The monoisotopic (exact) mass is 279 g/mol. The fourth-order valence-corrected chi connectivity index (χ4v) is 2.33. The van der Waals surface area contributed by atoms with E-state index in [4.69, 9.17) is 5.84 Å². The Labute approximate surface area is 120 Å². The summed E-state index contributed by atoms with van der Waals surface area (Å²) < 4.78 is 0. The van der Waals surface area contributed by atoms with Crippen molar-refractivity contribution in [3.63, 3.8) is 0 Å². The normalized spacial score (nSPS) is 15.1. The first-order chi connectivity index (χ1) is 9.50. The Bertz CT molecular complexity index is 452. The molecule has 1 fully saturated rings. The second-order valence-corrected chi connectivity index (χ2v) is 5.72. The van der Waals surface area contributed by atoms with Crippen LogP contribution < -0.4 is 21.5 Å². The van der Waals surface area contributed by atoms with Crippen LogP contribution in [-0.2, 0) is 0 Å². The third-order valence-corrected chi connectivity index (χ3v) is 3.83. The first kappa shape index (κ1) is 14.8. The number of hydrogen-bond donors (Lipinski definition) is 3. The third-order valence-electron chi connectivity index (χ3n) is 3.83. The van der Waals surface area contributed by atoms with Crippen molar-refractivity contribution in [1.29, 1.82) is 0 Å². The number of nitrogens with one attached hydrogen (secondary N) is 2. The van der Waals surface area contributed by atoms with E-state index in [0.717, 1.165) is 13.1 Å². The lowest BCUT2D eigenvalue weighted by Gasteiger charge is -2.27. The first-order valence-corrected chi connectivity index (χ1v) is 7.26. The lowest BCUT2D eigenvalue weighted by atomic mass is 9.99. The molecule has 0 aromatic carbocycles. The van der Waals surface area contributed by atoms with Crippen molar-refractivity contribution in [3.05, 3.63) is 0 Å². The zero-order valence-electron chi connectivity index (χ0n) is 12.8. The van der Waals surface area contributed by atoms with Crippen molar-refractivity contribution < 1.29 is 0 Å². The molecule has 0 unspecified atom stereocenters. The summed E-state index contributed by atoms with van der Waals surface area (Å²) in [5.74, 6) is 7.75. The molecule has 0 amide bonds. The number of anilines is 3. The number of nitrogen functional groups attached to an aromatic ring is 1. The van der Waals surface area contributed by atoms with E-state index in [1.807, 2.05) is 0 Å². The minimum Gasteiger partial charge on any atom is -0.349 e. The molecule has 0 bridgehead atoms. The van der Waals surface area contributed by atoms with E-state index in [1.165, 1.54) is 12.8 Å².